The van der Waals surface area contributed by atoms with Crippen LogP contribution >= 0.6 is 0 Å². The largest absolute Gasteiger partial charge is 0.481 e. The Morgan fingerprint density at radius 2 is 1.86 bits per heavy atom. The Morgan fingerprint density at radius 1 is 1.29 bits per heavy atom. The van der Waals surface area contributed by atoms with E-state index in [0.29, 0.717) is 12.8 Å². The predicted molar refractivity (Wildman–Crippen MR) is 51.0 cm³/mol. The normalized spacial score (nSPS) is 30.8. The molecule has 2 N–H and O–H groups in total. The minimum Gasteiger partial charge on any atom is -0.481 e. The van der Waals surface area contributed by atoms with Crippen molar-refractivity contribution in [3.05, 3.63) is 35.9 Å². The Kier molecular flexibility index (Phi) is 2.04. The van der Waals surface area contributed by atoms with E-state index >= 15 is 0 Å². The number of carboxylic acid groups (broad SMARTS) is 1. The summed E-state index contributed by atoms with van der Waals surface area (Å²) in [6.07, 6.45) is 0.185. The number of hydrogen-bond donors (Lipinski definition) is 2. The summed E-state index contributed by atoms with van der Waals surface area (Å²) in [5.74, 6) is -0.839. The van der Waals surface area contributed by atoms with Crippen LogP contribution in [0.15, 0.2) is 30.3 Å². The second-order valence-electron chi connectivity index (χ2n) is 3.82. The average Bonchev–Trinajstić information content (AvgIpc) is 2.13. The second-order valence-corrected chi connectivity index (χ2v) is 3.82. The summed E-state index contributed by atoms with van der Waals surface area (Å²) in [4.78, 5) is 11.1. The van der Waals surface area contributed by atoms with Crippen LogP contribution in [0.2, 0.25) is 0 Å². The van der Waals surface area contributed by atoms with Gasteiger partial charge in [0.15, 0.2) is 0 Å². The van der Waals surface area contributed by atoms with Crippen molar-refractivity contribution >= 4 is 5.97 Å². The third-order valence-corrected chi connectivity index (χ3v) is 2.90. The van der Waals surface area contributed by atoms with Crippen LogP contribution in [0.25, 0.3) is 0 Å². The van der Waals surface area contributed by atoms with Gasteiger partial charge >= 0.3 is 5.97 Å². The fourth-order valence-corrected chi connectivity index (χ4v) is 2.04. The molecule has 0 aromatic heterocycles. The standard InChI is InChI=1S/C11H12O3/c12-9-6-11(7-9,10(13)14)8-4-2-1-3-5-8/h1-5,9,12H,6-7H2,(H,13,14)/t9-,11+. The van der Waals surface area contributed by atoms with Crippen molar-refractivity contribution in [1.82, 2.24) is 0 Å². The molecule has 0 saturated heterocycles. The minimum absolute atomic E-state index is 0.326. The summed E-state index contributed by atoms with van der Waals surface area (Å²) in [5.41, 5.74) is -0.0569. The number of hydrogen-bond acceptors (Lipinski definition) is 2. The van der Waals surface area contributed by atoms with Gasteiger partial charge in [-0.3, -0.25) is 4.79 Å². The fraction of sp³-hybridized carbons (Fsp3) is 0.364. The first kappa shape index (κ1) is 9.21. The van der Waals surface area contributed by atoms with Crippen LogP contribution in [0.4, 0.5) is 0 Å². The zero-order valence-electron chi connectivity index (χ0n) is 7.68. The lowest BCUT2D eigenvalue weighted by molar-refractivity contribution is -0.152. The average molecular weight is 192 g/mol. The molecule has 0 radical (unpaired) electrons. The zero-order chi connectivity index (χ0) is 10.2. The molecule has 1 saturated carbocycles. The molecule has 0 spiro atoms. The van der Waals surface area contributed by atoms with Crippen molar-refractivity contribution in [3.63, 3.8) is 0 Å². The Morgan fingerprint density at radius 3 is 2.29 bits per heavy atom. The third kappa shape index (κ3) is 1.21. The van der Waals surface area contributed by atoms with Crippen molar-refractivity contribution < 1.29 is 15.0 Å². The quantitative estimate of drug-likeness (QED) is 0.739. The van der Waals surface area contributed by atoms with Gasteiger partial charge < -0.3 is 10.2 Å². The van der Waals surface area contributed by atoms with E-state index in [1.54, 1.807) is 12.1 Å². The molecule has 1 aromatic rings. The van der Waals surface area contributed by atoms with E-state index in [0.717, 1.165) is 5.56 Å². The second kappa shape index (κ2) is 3.10. The number of carbonyl (C=O) groups is 1. The molecular weight excluding hydrogens is 180 g/mol. The summed E-state index contributed by atoms with van der Waals surface area (Å²) in [7, 11) is 0. The maximum absolute atomic E-state index is 11.1. The van der Waals surface area contributed by atoms with Crippen LogP contribution in [-0.2, 0) is 10.2 Å². The lowest BCUT2D eigenvalue weighted by atomic mass is 9.63. The van der Waals surface area contributed by atoms with Crippen LogP contribution in [0.1, 0.15) is 18.4 Å². The topological polar surface area (TPSA) is 57.5 Å². The van der Waals surface area contributed by atoms with Crippen molar-refractivity contribution in [2.24, 2.45) is 0 Å². The molecule has 1 aliphatic rings. The van der Waals surface area contributed by atoms with E-state index in [1.165, 1.54) is 0 Å². The summed E-state index contributed by atoms with van der Waals surface area (Å²) < 4.78 is 0. The highest BCUT2D eigenvalue weighted by Crippen LogP contribution is 2.43. The van der Waals surface area contributed by atoms with Crippen LogP contribution in [0, 0.1) is 0 Å². The maximum atomic E-state index is 11.1. The van der Waals surface area contributed by atoms with Crippen molar-refractivity contribution in [3.8, 4) is 0 Å². The van der Waals surface area contributed by atoms with E-state index in [-0.39, 0.29) is 0 Å². The molecule has 1 fully saturated rings. The number of aliphatic hydroxyl groups excluding tert-OH is 1. The van der Waals surface area contributed by atoms with Crippen LogP contribution < -0.4 is 0 Å². The van der Waals surface area contributed by atoms with Gasteiger partial charge in [-0.25, -0.2) is 0 Å². The zero-order valence-corrected chi connectivity index (χ0v) is 7.68. The Hall–Kier alpha value is -1.35. The number of aliphatic hydroxyl groups is 1. The SMILES string of the molecule is O=C(O)[C@]1(c2ccccc2)C[C@H](O)C1. The highest BCUT2D eigenvalue weighted by Gasteiger charge is 2.51. The van der Waals surface area contributed by atoms with E-state index in [1.807, 2.05) is 18.2 Å². The molecule has 2 rings (SSSR count). The number of benzene rings is 1. The van der Waals surface area contributed by atoms with E-state index in [9.17, 15) is 9.90 Å². The molecule has 1 aliphatic carbocycles. The van der Waals surface area contributed by atoms with Crippen molar-refractivity contribution in [2.45, 2.75) is 24.4 Å². The Balaban J connectivity index is 2.34. The maximum Gasteiger partial charge on any atom is 0.314 e. The van der Waals surface area contributed by atoms with Gasteiger partial charge in [0.25, 0.3) is 0 Å². The molecule has 0 amide bonds. The van der Waals surface area contributed by atoms with E-state index in [2.05, 4.69) is 0 Å². The first-order valence-electron chi connectivity index (χ1n) is 4.62. The molecule has 1 aromatic carbocycles. The molecule has 0 atom stereocenters. The molecule has 14 heavy (non-hydrogen) atoms. The highest BCUT2D eigenvalue weighted by atomic mass is 16.4. The fourth-order valence-electron chi connectivity index (χ4n) is 2.04. The Bertz CT molecular complexity index is 339. The summed E-state index contributed by atoms with van der Waals surface area (Å²) in [5, 5.41) is 18.4. The summed E-state index contributed by atoms with van der Waals surface area (Å²) in [6, 6.07) is 9.11. The van der Waals surface area contributed by atoms with Crippen LogP contribution in [-0.4, -0.2) is 22.3 Å². The molecule has 0 aliphatic heterocycles. The van der Waals surface area contributed by atoms with Crippen LogP contribution in [0.3, 0.4) is 0 Å². The molecule has 3 heteroatoms. The van der Waals surface area contributed by atoms with Crippen molar-refractivity contribution in [1.29, 1.82) is 0 Å². The molecule has 0 unspecified atom stereocenters. The Labute approximate surface area is 82.0 Å². The van der Waals surface area contributed by atoms with Crippen molar-refractivity contribution in [2.75, 3.05) is 0 Å². The van der Waals surface area contributed by atoms with Gasteiger partial charge in [0.1, 0.15) is 0 Å². The monoisotopic (exact) mass is 192 g/mol. The van der Waals surface area contributed by atoms with Gasteiger partial charge in [0.2, 0.25) is 0 Å². The van der Waals surface area contributed by atoms with E-state index in [4.69, 9.17) is 5.11 Å². The molecule has 0 bridgehead atoms. The van der Waals surface area contributed by atoms with E-state index < -0.39 is 17.5 Å². The number of carboxylic acids is 1. The van der Waals surface area contributed by atoms with Gasteiger partial charge in [-0.05, 0) is 18.4 Å². The molecule has 3 nitrogen and oxygen atoms in total. The predicted octanol–water partition coefficient (Wildman–Crippen LogP) is 1.16. The molecular formula is C11H12O3. The van der Waals surface area contributed by atoms with Gasteiger partial charge in [0.05, 0.1) is 11.5 Å². The summed E-state index contributed by atoms with van der Waals surface area (Å²) in [6.45, 7) is 0. The summed E-state index contributed by atoms with van der Waals surface area (Å²) >= 11 is 0. The molecule has 74 valence electrons. The van der Waals surface area contributed by atoms with Crippen LogP contribution in [0.5, 0.6) is 0 Å². The van der Waals surface area contributed by atoms with Gasteiger partial charge in [-0.2, -0.15) is 0 Å². The van der Waals surface area contributed by atoms with Gasteiger partial charge in [-0.1, -0.05) is 30.3 Å². The first-order chi connectivity index (χ1) is 6.65. The van der Waals surface area contributed by atoms with Gasteiger partial charge in [0, 0.05) is 0 Å². The number of rotatable bonds is 2. The minimum atomic E-state index is -0.847. The molecule has 0 heterocycles. The lowest BCUT2D eigenvalue weighted by Gasteiger charge is -2.42. The third-order valence-electron chi connectivity index (χ3n) is 2.90. The lowest BCUT2D eigenvalue weighted by Crippen LogP contribution is -2.50. The van der Waals surface area contributed by atoms with Gasteiger partial charge in [-0.15, -0.1) is 0 Å². The number of aliphatic carboxylic acids is 1. The highest BCUT2D eigenvalue weighted by molar-refractivity contribution is 5.83. The smallest absolute Gasteiger partial charge is 0.314 e. The first-order valence-corrected chi connectivity index (χ1v) is 4.62.